The monoisotopic (exact) mass is 264 g/mol. The summed E-state index contributed by atoms with van der Waals surface area (Å²) in [6, 6.07) is 3.52. The first kappa shape index (κ1) is 12.5. The van der Waals surface area contributed by atoms with Crippen molar-refractivity contribution in [2.45, 2.75) is 20.4 Å². The Balaban J connectivity index is 2.44. The van der Waals surface area contributed by atoms with Gasteiger partial charge in [-0.15, -0.1) is 11.3 Å². The first-order chi connectivity index (χ1) is 8.49. The Morgan fingerprint density at radius 2 is 2.22 bits per heavy atom. The zero-order chi connectivity index (χ0) is 13.3. The van der Waals surface area contributed by atoms with Crippen LogP contribution >= 0.6 is 11.3 Å². The lowest BCUT2D eigenvalue weighted by atomic mass is 10.2. The van der Waals surface area contributed by atoms with Gasteiger partial charge in [0.05, 0.1) is 6.54 Å². The number of carboxylic acids is 1. The third-order valence-corrected chi connectivity index (χ3v) is 3.56. The number of hydrogen-bond acceptors (Lipinski definition) is 4. The van der Waals surface area contributed by atoms with Gasteiger partial charge in [0.15, 0.2) is 0 Å². The van der Waals surface area contributed by atoms with Gasteiger partial charge < -0.3 is 5.11 Å². The van der Waals surface area contributed by atoms with Gasteiger partial charge in [-0.1, -0.05) is 0 Å². The highest BCUT2D eigenvalue weighted by molar-refractivity contribution is 7.12. The molecule has 0 bridgehead atoms. The van der Waals surface area contributed by atoms with Gasteiger partial charge in [0.25, 0.3) is 0 Å². The summed E-state index contributed by atoms with van der Waals surface area (Å²) in [5.74, 6) is -0.967. The van der Waals surface area contributed by atoms with E-state index in [4.69, 9.17) is 5.11 Å². The van der Waals surface area contributed by atoms with Crippen LogP contribution in [0.25, 0.3) is 0 Å². The number of nitrogens with zero attached hydrogens (tertiary/aromatic N) is 2. The standard InChI is InChI=1S/C12H12N2O3S/c1-7-5-8(2)14(12(17)13-7)6-9-3-4-18-10(9)11(15)16/h3-5H,6H2,1-2H3,(H,15,16). The molecule has 5 nitrogen and oxygen atoms in total. The molecule has 0 radical (unpaired) electrons. The maximum Gasteiger partial charge on any atom is 0.348 e. The molecule has 0 spiro atoms. The molecule has 2 aromatic rings. The zero-order valence-corrected chi connectivity index (χ0v) is 10.8. The molecule has 94 valence electrons. The number of carbonyl (C=O) groups is 1. The SMILES string of the molecule is Cc1cc(C)n(Cc2ccsc2C(=O)O)c(=O)n1. The van der Waals surface area contributed by atoms with Gasteiger partial charge in [0.1, 0.15) is 4.88 Å². The van der Waals surface area contributed by atoms with Crippen molar-refractivity contribution in [1.29, 1.82) is 0 Å². The number of aromatic carboxylic acids is 1. The zero-order valence-electron chi connectivity index (χ0n) is 10.0. The van der Waals surface area contributed by atoms with Crippen LogP contribution < -0.4 is 5.69 Å². The van der Waals surface area contributed by atoms with Crippen LogP contribution in [-0.4, -0.2) is 20.6 Å². The van der Waals surface area contributed by atoms with E-state index in [0.717, 1.165) is 17.0 Å². The molecule has 0 saturated carbocycles. The second-order valence-corrected chi connectivity index (χ2v) is 4.90. The van der Waals surface area contributed by atoms with E-state index in [1.54, 1.807) is 24.4 Å². The smallest absolute Gasteiger partial charge is 0.348 e. The summed E-state index contributed by atoms with van der Waals surface area (Å²) >= 11 is 1.16. The van der Waals surface area contributed by atoms with Crippen LogP contribution in [0.3, 0.4) is 0 Å². The van der Waals surface area contributed by atoms with Crippen LogP contribution in [0.2, 0.25) is 0 Å². The Kier molecular flexibility index (Phi) is 3.29. The van der Waals surface area contributed by atoms with Crippen molar-refractivity contribution < 1.29 is 9.90 Å². The van der Waals surface area contributed by atoms with Crippen molar-refractivity contribution in [1.82, 2.24) is 9.55 Å². The van der Waals surface area contributed by atoms with Gasteiger partial charge in [0.2, 0.25) is 0 Å². The number of carboxylic acid groups (broad SMARTS) is 1. The maximum absolute atomic E-state index is 11.8. The van der Waals surface area contributed by atoms with Gasteiger partial charge >= 0.3 is 11.7 Å². The molecule has 0 aliphatic rings. The van der Waals surface area contributed by atoms with Gasteiger partial charge in [-0.2, -0.15) is 4.98 Å². The summed E-state index contributed by atoms with van der Waals surface area (Å²) in [6.45, 7) is 3.80. The van der Waals surface area contributed by atoms with Crippen LogP contribution in [0, 0.1) is 13.8 Å². The van der Waals surface area contributed by atoms with Crippen molar-refractivity contribution in [2.75, 3.05) is 0 Å². The Morgan fingerprint density at radius 1 is 1.50 bits per heavy atom. The molecule has 0 saturated heterocycles. The molecule has 0 aromatic carbocycles. The first-order valence-electron chi connectivity index (χ1n) is 5.34. The normalized spacial score (nSPS) is 10.6. The van der Waals surface area contributed by atoms with Crippen LogP contribution in [0.1, 0.15) is 26.6 Å². The molecule has 0 atom stereocenters. The fraction of sp³-hybridized carbons (Fsp3) is 0.250. The highest BCUT2D eigenvalue weighted by atomic mass is 32.1. The van der Waals surface area contributed by atoms with Crippen molar-refractivity contribution in [3.05, 3.63) is 49.8 Å². The minimum Gasteiger partial charge on any atom is -0.477 e. The summed E-state index contributed by atoms with van der Waals surface area (Å²) in [7, 11) is 0. The van der Waals surface area contributed by atoms with Crippen molar-refractivity contribution in [3.8, 4) is 0 Å². The molecule has 0 fully saturated rings. The molecule has 0 aliphatic carbocycles. The van der Waals surface area contributed by atoms with Crippen LogP contribution in [-0.2, 0) is 6.54 Å². The summed E-state index contributed by atoms with van der Waals surface area (Å²) in [5, 5.41) is 10.7. The van der Waals surface area contributed by atoms with E-state index in [2.05, 4.69) is 4.98 Å². The van der Waals surface area contributed by atoms with Crippen LogP contribution in [0.4, 0.5) is 0 Å². The first-order valence-corrected chi connectivity index (χ1v) is 6.21. The quantitative estimate of drug-likeness (QED) is 0.915. The van der Waals surface area contributed by atoms with E-state index in [1.165, 1.54) is 4.57 Å². The summed E-state index contributed by atoms with van der Waals surface area (Å²) < 4.78 is 1.47. The number of aryl methyl sites for hydroxylation is 2. The Labute approximate surface area is 107 Å². The number of hydrogen-bond donors (Lipinski definition) is 1. The predicted octanol–water partition coefficient (Wildman–Crippen LogP) is 1.67. The van der Waals surface area contributed by atoms with Crippen LogP contribution in [0.5, 0.6) is 0 Å². The maximum atomic E-state index is 11.8. The van der Waals surface area contributed by atoms with E-state index < -0.39 is 5.97 Å². The van der Waals surface area contributed by atoms with Gasteiger partial charge in [-0.3, -0.25) is 4.57 Å². The van der Waals surface area contributed by atoms with Crippen molar-refractivity contribution in [3.63, 3.8) is 0 Å². The number of aromatic nitrogens is 2. The Hall–Kier alpha value is -1.95. The van der Waals surface area contributed by atoms with Crippen molar-refractivity contribution >= 4 is 17.3 Å². The van der Waals surface area contributed by atoms with Gasteiger partial charge in [-0.05, 0) is 36.9 Å². The number of thiophene rings is 1. The van der Waals surface area contributed by atoms with E-state index >= 15 is 0 Å². The summed E-state index contributed by atoms with van der Waals surface area (Å²) in [5.41, 5.74) is 1.71. The molecule has 2 heterocycles. The average Bonchev–Trinajstić information content (AvgIpc) is 2.71. The molecular weight excluding hydrogens is 252 g/mol. The second-order valence-electron chi connectivity index (χ2n) is 3.99. The van der Waals surface area contributed by atoms with E-state index in [0.29, 0.717) is 11.3 Å². The molecular formula is C12H12N2O3S. The summed E-state index contributed by atoms with van der Waals surface area (Å²) in [6.07, 6.45) is 0. The number of rotatable bonds is 3. The molecule has 18 heavy (non-hydrogen) atoms. The van der Waals surface area contributed by atoms with E-state index in [9.17, 15) is 9.59 Å². The third kappa shape index (κ3) is 2.33. The molecule has 2 aromatic heterocycles. The third-order valence-electron chi connectivity index (χ3n) is 2.62. The Morgan fingerprint density at radius 3 is 2.83 bits per heavy atom. The van der Waals surface area contributed by atoms with Crippen LogP contribution in [0.15, 0.2) is 22.3 Å². The fourth-order valence-corrected chi connectivity index (χ4v) is 2.54. The summed E-state index contributed by atoms with van der Waals surface area (Å²) in [4.78, 5) is 26.9. The van der Waals surface area contributed by atoms with Gasteiger partial charge in [-0.25, -0.2) is 9.59 Å². The highest BCUT2D eigenvalue weighted by Crippen LogP contribution is 2.17. The van der Waals surface area contributed by atoms with Gasteiger partial charge in [0, 0.05) is 11.4 Å². The lowest BCUT2D eigenvalue weighted by molar-refractivity contribution is 0.0701. The average molecular weight is 264 g/mol. The van der Waals surface area contributed by atoms with Crippen molar-refractivity contribution in [2.24, 2.45) is 0 Å². The minimum absolute atomic E-state index is 0.239. The molecule has 2 rings (SSSR count). The Bertz CT molecular complexity index is 658. The minimum atomic E-state index is -0.967. The topological polar surface area (TPSA) is 72.2 Å². The molecule has 1 N–H and O–H groups in total. The highest BCUT2D eigenvalue weighted by Gasteiger charge is 2.13. The largest absolute Gasteiger partial charge is 0.477 e. The predicted molar refractivity (Wildman–Crippen MR) is 68.4 cm³/mol. The van der Waals surface area contributed by atoms with E-state index in [-0.39, 0.29) is 17.1 Å². The fourth-order valence-electron chi connectivity index (χ4n) is 1.79. The molecule has 0 amide bonds. The lowest BCUT2D eigenvalue weighted by Crippen LogP contribution is -2.26. The van der Waals surface area contributed by atoms with E-state index in [1.807, 2.05) is 6.92 Å². The molecule has 6 heteroatoms. The molecule has 0 aliphatic heterocycles. The molecule has 0 unspecified atom stereocenters. The second kappa shape index (κ2) is 4.73. The lowest BCUT2D eigenvalue weighted by Gasteiger charge is -2.09.